The number of ether oxygens (including phenoxy) is 1. The molecule has 9 nitrogen and oxygen atoms in total. The van der Waals surface area contributed by atoms with Gasteiger partial charge in [-0.2, -0.15) is 9.97 Å². The number of likely N-dealkylation sites (N-methyl/N-ethyl adjacent to an activating group) is 1. The summed E-state index contributed by atoms with van der Waals surface area (Å²) in [6, 6.07) is 10.1. The SMILES string of the molecule is CN1CCN(c2nc(NCCN3CCOCC3)c3ncc(-c4ccccc4)nc3n2)CC1. The van der Waals surface area contributed by atoms with Crippen LogP contribution in [0.3, 0.4) is 0 Å². The summed E-state index contributed by atoms with van der Waals surface area (Å²) < 4.78 is 5.45. The number of fused-ring (bicyclic) bond motifs is 1. The van der Waals surface area contributed by atoms with E-state index in [2.05, 4.69) is 27.1 Å². The number of benzene rings is 1. The van der Waals surface area contributed by atoms with Crippen LogP contribution in [0.1, 0.15) is 0 Å². The van der Waals surface area contributed by atoms with E-state index in [0.29, 0.717) is 11.2 Å². The summed E-state index contributed by atoms with van der Waals surface area (Å²) in [5, 5.41) is 3.51. The molecule has 2 aromatic heterocycles. The fourth-order valence-corrected chi connectivity index (χ4v) is 4.07. The summed E-state index contributed by atoms with van der Waals surface area (Å²) in [6.07, 6.45) is 1.81. The number of hydrogen-bond acceptors (Lipinski definition) is 9. The second kappa shape index (κ2) is 9.72. The molecule has 0 radical (unpaired) electrons. The Bertz CT molecular complexity index is 1030. The molecule has 0 bridgehead atoms. The highest BCUT2D eigenvalue weighted by Gasteiger charge is 2.20. The lowest BCUT2D eigenvalue weighted by atomic mass is 10.2. The van der Waals surface area contributed by atoms with Crippen molar-refractivity contribution in [2.24, 2.45) is 0 Å². The van der Waals surface area contributed by atoms with E-state index in [4.69, 9.17) is 24.7 Å². The zero-order valence-electron chi connectivity index (χ0n) is 18.6. The maximum atomic E-state index is 5.45. The summed E-state index contributed by atoms with van der Waals surface area (Å²) in [5.74, 6) is 1.48. The molecule has 1 N–H and O–H groups in total. The number of morpholine rings is 1. The number of nitrogens with zero attached hydrogens (tertiary/aromatic N) is 7. The molecule has 2 saturated heterocycles. The van der Waals surface area contributed by atoms with Crippen LogP contribution < -0.4 is 10.2 Å². The van der Waals surface area contributed by atoms with E-state index in [-0.39, 0.29) is 0 Å². The Morgan fingerprint density at radius 2 is 1.72 bits per heavy atom. The average Bonchev–Trinajstić information content (AvgIpc) is 2.85. The lowest BCUT2D eigenvalue weighted by Gasteiger charge is -2.32. The Hall–Kier alpha value is -2.88. The monoisotopic (exact) mass is 434 g/mol. The molecule has 2 aliphatic rings. The van der Waals surface area contributed by atoms with Gasteiger partial charge in [0.15, 0.2) is 17.0 Å². The summed E-state index contributed by atoms with van der Waals surface area (Å²) in [7, 11) is 2.15. The van der Waals surface area contributed by atoms with Gasteiger partial charge in [-0.15, -0.1) is 0 Å². The molecule has 0 saturated carbocycles. The van der Waals surface area contributed by atoms with Crippen LogP contribution >= 0.6 is 0 Å². The topological polar surface area (TPSA) is 82.5 Å². The summed E-state index contributed by atoms with van der Waals surface area (Å²) in [4.78, 5) is 26.2. The first-order valence-corrected chi connectivity index (χ1v) is 11.3. The molecule has 1 aromatic carbocycles. The molecule has 32 heavy (non-hydrogen) atoms. The molecule has 0 unspecified atom stereocenters. The van der Waals surface area contributed by atoms with Gasteiger partial charge in [0.05, 0.1) is 25.1 Å². The maximum Gasteiger partial charge on any atom is 0.229 e. The highest BCUT2D eigenvalue weighted by molar-refractivity contribution is 5.85. The highest BCUT2D eigenvalue weighted by Crippen LogP contribution is 2.24. The minimum Gasteiger partial charge on any atom is -0.379 e. The molecule has 5 rings (SSSR count). The van der Waals surface area contributed by atoms with Gasteiger partial charge in [0.1, 0.15) is 0 Å². The van der Waals surface area contributed by atoms with Gasteiger partial charge in [-0.05, 0) is 7.05 Å². The lowest BCUT2D eigenvalue weighted by Crippen LogP contribution is -2.45. The molecule has 0 spiro atoms. The van der Waals surface area contributed by atoms with Crippen LogP contribution in [0, 0.1) is 0 Å². The fourth-order valence-electron chi connectivity index (χ4n) is 4.07. The zero-order valence-corrected chi connectivity index (χ0v) is 18.6. The van der Waals surface area contributed by atoms with Crippen LogP contribution in [0.2, 0.25) is 0 Å². The van der Waals surface area contributed by atoms with E-state index >= 15 is 0 Å². The first-order chi connectivity index (χ1) is 15.8. The largest absolute Gasteiger partial charge is 0.379 e. The molecule has 4 heterocycles. The molecule has 2 fully saturated rings. The van der Waals surface area contributed by atoms with Gasteiger partial charge in [0, 0.05) is 57.9 Å². The van der Waals surface area contributed by atoms with Gasteiger partial charge >= 0.3 is 0 Å². The van der Waals surface area contributed by atoms with Crippen molar-refractivity contribution < 1.29 is 4.74 Å². The van der Waals surface area contributed by atoms with Crippen molar-refractivity contribution in [2.45, 2.75) is 0 Å². The molecular formula is C23H30N8O. The first-order valence-electron chi connectivity index (χ1n) is 11.3. The van der Waals surface area contributed by atoms with Crippen molar-refractivity contribution in [1.29, 1.82) is 0 Å². The third-order valence-electron chi connectivity index (χ3n) is 6.08. The summed E-state index contributed by atoms with van der Waals surface area (Å²) in [6.45, 7) is 9.08. The second-order valence-corrected chi connectivity index (χ2v) is 8.34. The third-order valence-corrected chi connectivity index (χ3v) is 6.08. The van der Waals surface area contributed by atoms with Crippen LogP contribution in [-0.2, 0) is 4.74 Å². The Balaban J connectivity index is 1.44. The van der Waals surface area contributed by atoms with E-state index in [1.807, 2.05) is 36.5 Å². The molecule has 3 aromatic rings. The maximum absolute atomic E-state index is 5.45. The van der Waals surface area contributed by atoms with Crippen molar-refractivity contribution in [3.63, 3.8) is 0 Å². The Labute approximate surface area is 188 Å². The summed E-state index contributed by atoms with van der Waals surface area (Å²) in [5.41, 5.74) is 3.19. The van der Waals surface area contributed by atoms with Gasteiger partial charge in [-0.1, -0.05) is 30.3 Å². The molecular weight excluding hydrogens is 404 g/mol. The summed E-state index contributed by atoms with van der Waals surface area (Å²) >= 11 is 0. The molecule has 0 atom stereocenters. The van der Waals surface area contributed by atoms with Crippen LogP contribution in [-0.4, -0.2) is 102 Å². The third kappa shape index (κ3) is 4.79. The molecule has 2 aliphatic heterocycles. The zero-order chi connectivity index (χ0) is 21.8. The van der Waals surface area contributed by atoms with E-state index in [9.17, 15) is 0 Å². The smallest absolute Gasteiger partial charge is 0.229 e. The van der Waals surface area contributed by atoms with Crippen molar-refractivity contribution in [3.8, 4) is 11.3 Å². The molecule has 0 amide bonds. The molecule has 9 heteroatoms. The van der Waals surface area contributed by atoms with Crippen molar-refractivity contribution in [1.82, 2.24) is 29.7 Å². The quantitative estimate of drug-likeness (QED) is 0.622. The highest BCUT2D eigenvalue weighted by atomic mass is 16.5. The Morgan fingerprint density at radius 1 is 0.938 bits per heavy atom. The Kier molecular flexibility index (Phi) is 6.38. The second-order valence-electron chi connectivity index (χ2n) is 8.34. The molecule has 0 aliphatic carbocycles. The van der Waals surface area contributed by atoms with E-state index in [1.165, 1.54) is 0 Å². The minimum atomic E-state index is 0.629. The number of anilines is 2. The normalized spacial score (nSPS) is 18.2. The van der Waals surface area contributed by atoms with Gasteiger partial charge in [0.2, 0.25) is 5.95 Å². The van der Waals surface area contributed by atoms with Gasteiger partial charge in [-0.3, -0.25) is 4.90 Å². The van der Waals surface area contributed by atoms with Crippen LogP contribution in [0.4, 0.5) is 11.8 Å². The van der Waals surface area contributed by atoms with E-state index in [1.54, 1.807) is 0 Å². The van der Waals surface area contributed by atoms with E-state index in [0.717, 1.165) is 88.6 Å². The minimum absolute atomic E-state index is 0.629. The number of nitrogens with one attached hydrogen (secondary N) is 1. The van der Waals surface area contributed by atoms with Crippen molar-refractivity contribution in [3.05, 3.63) is 36.5 Å². The average molecular weight is 435 g/mol. The standard InChI is InChI=1S/C23H30N8O/c1-29-9-11-31(12-10-29)23-27-21(24-7-8-30-13-15-32-16-14-30)20-22(28-23)26-19(17-25-20)18-5-3-2-4-6-18/h2-6,17H,7-16H2,1H3,(H,24,26,27,28). The molecule has 168 valence electrons. The van der Waals surface area contributed by atoms with E-state index < -0.39 is 0 Å². The van der Waals surface area contributed by atoms with Gasteiger partial charge < -0.3 is 19.9 Å². The van der Waals surface area contributed by atoms with Crippen LogP contribution in [0.15, 0.2) is 36.5 Å². The van der Waals surface area contributed by atoms with Crippen molar-refractivity contribution in [2.75, 3.05) is 82.8 Å². The number of rotatable bonds is 6. The van der Waals surface area contributed by atoms with Gasteiger partial charge in [-0.25, -0.2) is 9.97 Å². The number of aromatic nitrogens is 4. The first kappa shape index (κ1) is 21.0. The predicted molar refractivity (Wildman–Crippen MR) is 126 cm³/mol. The predicted octanol–water partition coefficient (Wildman–Crippen LogP) is 1.58. The fraction of sp³-hybridized carbons (Fsp3) is 0.478. The van der Waals surface area contributed by atoms with Crippen LogP contribution in [0.5, 0.6) is 0 Å². The van der Waals surface area contributed by atoms with Crippen LogP contribution in [0.25, 0.3) is 22.4 Å². The number of hydrogen-bond donors (Lipinski definition) is 1. The van der Waals surface area contributed by atoms with Gasteiger partial charge in [0.25, 0.3) is 0 Å². The number of piperazine rings is 1. The lowest BCUT2D eigenvalue weighted by molar-refractivity contribution is 0.0398. The Morgan fingerprint density at radius 3 is 2.50 bits per heavy atom. The van der Waals surface area contributed by atoms with Crippen molar-refractivity contribution >= 4 is 22.9 Å².